The molecule has 1 aliphatic rings. The first kappa shape index (κ1) is 16.0. The number of nitrogens with one attached hydrogen (secondary N) is 2. The van der Waals surface area contributed by atoms with Crippen LogP contribution in [0.1, 0.15) is 38.9 Å². The Morgan fingerprint density at radius 3 is 2.75 bits per heavy atom. The third-order valence-electron chi connectivity index (χ3n) is 3.51. The van der Waals surface area contributed by atoms with E-state index in [4.69, 9.17) is 4.42 Å². The van der Waals surface area contributed by atoms with Gasteiger partial charge in [-0.05, 0) is 47.2 Å². The van der Waals surface area contributed by atoms with Crippen molar-refractivity contribution in [1.29, 1.82) is 0 Å². The van der Waals surface area contributed by atoms with Crippen LogP contribution in [-0.4, -0.2) is 21.5 Å². The summed E-state index contributed by atoms with van der Waals surface area (Å²) in [6, 6.07) is 1.57. The molecule has 1 heterocycles. The van der Waals surface area contributed by atoms with Gasteiger partial charge in [0.05, 0.1) is 6.54 Å². The average molecular weight is 365 g/mol. The fourth-order valence-corrected chi connectivity index (χ4v) is 3.99. The molecule has 0 bridgehead atoms. The lowest BCUT2D eigenvalue weighted by Crippen LogP contribution is -2.29. The Labute approximate surface area is 128 Å². The molecule has 0 unspecified atom stereocenters. The second-order valence-electron chi connectivity index (χ2n) is 5.66. The molecule has 0 radical (unpaired) electrons. The van der Waals surface area contributed by atoms with Crippen molar-refractivity contribution in [3.8, 4) is 0 Å². The molecule has 20 heavy (non-hydrogen) atoms. The van der Waals surface area contributed by atoms with Gasteiger partial charge < -0.3 is 9.73 Å². The zero-order chi connectivity index (χ0) is 14.8. The minimum atomic E-state index is -3.51. The van der Waals surface area contributed by atoms with Crippen LogP contribution in [0, 0.1) is 5.41 Å². The van der Waals surface area contributed by atoms with E-state index in [2.05, 4.69) is 39.8 Å². The fraction of sp³-hybridized carbons (Fsp3) is 0.692. The highest BCUT2D eigenvalue weighted by Crippen LogP contribution is 2.44. The zero-order valence-electron chi connectivity index (χ0n) is 11.8. The number of hydrogen-bond acceptors (Lipinski definition) is 4. The molecule has 0 atom stereocenters. The van der Waals surface area contributed by atoms with Gasteiger partial charge in [-0.15, -0.1) is 0 Å². The zero-order valence-corrected chi connectivity index (χ0v) is 14.2. The monoisotopic (exact) mass is 364 g/mol. The van der Waals surface area contributed by atoms with Crippen molar-refractivity contribution < 1.29 is 12.8 Å². The van der Waals surface area contributed by atoms with E-state index >= 15 is 0 Å². The molecule has 0 amide bonds. The molecule has 2 N–H and O–H groups in total. The molecule has 1 aromatic heterocycles. The third-order valence-corrected chi connectivity index (χ3v) is 5.77. The maximum Gasteiger partial charge on any atom is 0.244 e. The van der Waals surface area contributed by atoms with Crippen molar-refractivity contribution in [2.45, 2.75) is 44.6 Å². The van der Waals surface area contributed by atoms with Gasteiger partial charge in [-0.25, -0.2) is 13.1 Å². The SMILES string of the molecule is CCCNCc1cc(S(=O)(=O)NCC2(C)CC2)c(Br)o1. The minimum Gasteiger partial charge on any atom is -0.452 e. The van der Waals surface area contributed by atoms with Crippen LogP contribution in [0.2, 0.25) is 0 Å². The summed E-state index contributed by atoms with van der Waals surface area (Å²) < 4.78 is 32.9. The summed E-state index contributed by atoms with van der Waals surface area (Å²) in [5, 5.41) is 3.18. The van der Waals surface area contributed by atoms with E-state index in [9.17, 15) is 8.42 Å². The van der Waals surface area contributed by atoms with Gasteiger partial charge in [-0.1, -0.05) is 13.8 Å². The highest BCUT2D eigenvalue weighted by atomic mass is 79.9. The first-order valence-corrected chi connectivity index (χ1v) is 9.12. The molecule has 1 aromatic rings. The molecule has 0 spiro atoms. The molecular formula is C13H21BrN2O3S. The molecule has 2 rings (SSSR count). The van der Waals surface area contributed by atoms with E-state index in [1.807, 2.05) is 0 Å². The van der Waals surface area contributed by atoms with Crippen molar-refractivity contribution >= 4 is 26.0 Å². The molecule has 1 saturated carbocycles. The first-order valence-electron chi connectivity index (χ1n) is 6.85. The second kappa shape index (κ2) is 6.17. The third kappa shape index (κ3) is 4.07. The molecular weight excluding hydrogens is 344 g/mol. The van der Waals surface area contributed by atoms with Crippen molar-refractivity contribution in [3.05, 3.63) is 16.5 Å². The van der Waals surface area contributed by atoms with Crippen molar-refractivity contribution in [1.82, 2.24) is 10.0 Å². The topological polar surface area (TPSA) is 71.3 Å². The molecule has 1 aliphatic carbocycles. The minimum absolute atomic E-state index is 0.134. The molecule has 114 valence electrons. The lowest BCUT2D eigenvalue weighted by atomic mass is 10.2. The van der Waals surface area contributed by atoms with Crippen LogP contribution in [0.5, 0.6) is 0 Å². The number of furan rings is 1. The maximum absolute atomic E-state index is 12.2. The number of halogens is 1. The summed E-state index contributed by atoms with van der Waals surface area (Å²) >= 11 is 3.18. The van der Waals surface area contributed by atoms with Gasteiger partial charge >= 0.3 is 0 Å². The van der Waals surface area contributed by atoms with Crippen molar-refractivity contribution in [3.63, 3.8) is 0 Å². The summed E-state index contributed by atoms with van der Waals surface area (Å²) in [6.07, 6.45) is 3.18. The average Bonchev–Trinajstić information content (AvgIpc) is 3.00. The predicted molar refractivity (Wildman–Crippen MR) is 80.9 cm³/mol. The second-order valence-corrected chi connectivity index (χ2v) is 8.12. The number of sulfonamides is 1. The Morgan fingerprint density at radius 1 is 1.45 bits per heavy atom. The van der Waals surface area contributed by atoms with Crippen molar-refractivity contribution in [2.75, 3.05) is 13.1 Å². The van der Waals surface area contributed by atoms with E-state index in [0.29, 0.717) is 18.8 Å². The summed E-state index contributed by atoms with van der Waals surface area (Å²) in [4.78, 5) is 0.176. The van der Waals surface area contributed by atoms with Gasteiger partial charge in [0.15, 0.2) is 4.67 Å². The molecule has 5 nitrogen and oxygen atoms in total. The van der Waals surface area contributed by atoms with Gasteiger partial charge in [0, 0.05) is 12.6 Å². The van der Waals surface area contributed by atoms with Gasteiger partial charge in [0.2, 0.25) is 10.0 Å². The Bertz CT molecular complexity index is 564. The standard InChI is InChI=1S/C13H21BrN2O3S/c1-3-6-15-8-10-7-11(12(14)19-10)20(17,18)16-9-13(2)4-5-13/h7,15-16H,3-6,8-9H2,1-2H3. The summed E-state index contributed by atoms with van der Waals surface area (Å²) in [5.41, 5.74) is 0.134. The van der Waals surface area contributed by atoms with Crippen LogP contribution in [-0.2, 0) is 16.6 Å². The van der Waals surface area contributed by atoms with Crippen LogP contribution in [0.25, 0.3) is 0 Å². The Hall–Kier alpha value is -0.370. The lowest BCUT2D eigenvalue weighted by Gasteiger charge is -2.09. The number of rotatable bonds is 8. The van der Waals surface area contributed by atoms with E-state index in [0.717, 1.165) is 25.8 Å². The summed E-state index contributed by atoms with van der Waals surface area (Å²) in [7, 11) is -3.51. The summed E-state index contributed by atoms with van der Waals surface area (Å²) in [5.74, 6) is 0.614. The van der Waals surface area contributed by atoms with Gasteiger partial charge in [0.25, 0.3) is 0 Å². The van der Waals surface area contributed by atoms with E-state index in [1.165, 1.54) is 0 Å². The Balaban J connectivity index is 2.02. The molecule has 1 fully saturated rings. The van der Waals surface area contributed by atoms with E-state index < -0.39 is 10.0 Å². The van der Waals surface area contributed by atoms with Crippen LogP contribution >= 0.6 is 15.9 Å². The molecule has 0 aliphatic heterocycles. The molecule has 0 saturated heterocycles. The highest BCUT2D eigenvalue weighted by molar-refractivity contribution is 9.10. The first-order chi connectivity index (χ1) is 9.36. The fourth-order valence-electron chi connectivity index (χ4n) is 1.79. The van der Waals surface area contributed by atoms with Crippen LogP contribution in [0.15, 0.2) is 20.0 Å². The largest absolute Gasteiger partial charge is 0.452 e. The van der Waals surface area contributed by atoms with Gasteiger partial charge in [-0.3, -0.25) is 0 Å². The predicted octanol–water partition coefficient (Wildman–Crippen LogP) is 2.62. The normalized spacial score (nSPS) is 17.4. The smallest absolute Gasteiger partial charge is 0.244 e. The summed E-state index contributed by atoms with van der Waals surface area (Å²) in [6.45, 7) is 6.04. The Morgan fingerprint density at radius 2 is 2.15 bits per heavy atom. The van der Waals surface area contributed by atoms with Gasteiger partial charge in [0.1, 0.15) is 10.7 Å². The van der Waals surface area contributed by atoms with Crippen LogP contribution in [0.4, 0.5) is 0 Å². The lowest BCUT2D eigenvalue weighted by molar-refractivity contribution is 0.460. The van der Waals surface area contributed by atoms with Crippen molar-refractivity contribution in [2.24, 2.45) is 5.41 Å². The van der Waals surface area contributed by atoms with Crippen LogP contribution in [0.3, 0.4) is 0 Å². The highest BCUT2D eigenvalue weighted by Gasteiger charge is 2.38. The van der Waals surface area contributed by atoms with E-state index in [1.54, 1.807) is 6.07 Å². The van der Waals surface area contributed by atoms with Gasteiger partial charge in [-0.2, -0.15) is 0 Å². The molecule has 0 aromatic carbocycles. The number of hydrogen-bond donors (Lipinski definition) is 2. The van der Waals surface area contributed by atoms with E-state index in [-0.39, 0.29) is 15.0 Å². The Kier molecular flexibility index (Phi) is 4.94. The van der Waals surface area contributed by atoms with Crippen LogP contribution < -0.4 is 10.0 Å². The molecule has 7 heteroatoms. The quantitative estimate of drug-likeness (QED) is 0.695. The maximum atomic E-state index is 12.2.